The summed E-state index contributed by atoms with van der Waals surface area (Å²) >= 11 is 10.9. The molecule has 11 heavy (non-hydrogen) atoms. The van der Waals surface area contributed by atoms with Crippen molar-refractivity contribution in [3.63, 3.8) is 0 Å². The number of aromatic nitrogens is 2. The lowest BCUT2D eigenvalue weighted by molar-refractivity contribution is 0.977. The molecule has 0 aliphatic rings. The topological polar surface area (TPSA) is 28.7 Å². The third-order valence-electron chi connectivity index (χ3n) is 1.44. The highest BCUT2D eigenvalue weighted by Gasteiger charge is 2.01. The van der Waals surface area contributed by atoms with Gasteiger partial charge in [0.1, 0.15) is 15.6 Å². The molecule has 2 nitrogen and oxygen atoms in total. The van der Waals surface area contributed by atoms with Gasteiger partial charge in [-0.1, -0.05) is 30.7 Å². The van der Waals surface area contributed by atoms with Gasteiger partial charge in [0, 0.05) is 5.56 Å². The minimum Gasteiger partial charge on any atom is -0.334 e. The fourth-order valence-corrected chi connectivity index (χ4v) is 1.68. The van der Waals surface area contributed by atoms with Crippen LogP contribution in [-0.4, -0.2) is 9.97 Å². The van der Waals surface area contributed by atoms with E-state index < -0.39 is 0 Å². The fourth-order valence-electron chi connectivity index (χ4n) is 0.882. The van der Waals surface area contributed by atoms with Crippen molar-refractivity contribution >= 4 is 23.8 Å². The molecule has 60 valence electrons. The predicted octanol–water partition coefficient (Wildman–Crippen LogP) is 2.66. The fraction of sp³-hybridized carbons (Fsp3) is 0.429. The van der Waals surface area contributed by atoms with Crippen LogP contribution in [0.1, 0.15) is 18.3 Å². The van der Waals surface area contributed by atoms with Gasteiger partial charge in [0.15, 0.2) is 0 Å². The van der Waals surface area contributed by atoms with Gasteiger partial charge in [-0.25, -0.2) is 4.98 Å². The van der Waals surface area contributed by atoms with E-state index in [2.05, 4.69) is 9.97 Å². The molecule has 0 amide bonds. The van der Waals surface area contributed by atoms with Crippen LogP contribution in [0.4, 0.5) is 0 Å². The average molecular weight is 189 g/mol. The quantitative estimate of drug-likeness (QED) is 0.542. The molecule has 0 saturated carbocycles. The summed E-state index contributed by atoms with van der Waals surface area (Å²) in [7, 11) is 0. The lowest BCUT2D eigenvalue weighted by Gasteiger charge is -2.01. The van der Waals surface area contributed by atoms with Crippen molar-refractivity contribution < 1.29 is 0 Å². The maximum atomic E-state index is 5.87. The molecule has 0 atom stereocenters. The first-order valence-corrected chi connectivity index (χ1v) is 4.19. The molecule has 1 aromatic rings. The summed E-state index contributed by atoms with van der Waals surface area (Å²) in [5.41, 5.74) is 0.923. The van der Waals surface area contributed by atoms with E-state index in [0.29, 0.717) is 9.79 Å². The maximum Gasteiger partial charge on any atom is 0.134 e. The van der Waals surface area contributed by atoms with Gasteiger partial charge in [-0.3, -0.25) is 0 Å². The van der Waals surface area contributed by atoms with Crippen molar-refractivity contribution in [1.29, 1.82) is 0 Å². The molecule has 0 saturated heterocycles. The van der Waals surface area contributed by atoms with E-state index in [4.69, 9.17) is 23.8 Å². The van der Waals surface area contributed by atoms with Crippen LogP contribution >= 0.6 is 23.8 Å². The molecule has 1 rings (SSSR count). The zero-order valence-electron chi connectivity index (χ0n) is 6.44. The minimum atomic E-state index is 0.605. The Hall–Kier alpha value is -0.410. The number of hydrogen-bond donors (Lipinski definition) is 1. The summed E-state index contributed by atoms with van der Waals surface area (Å²) < 4.78 is 0.605. The number of H-pyrrole nitrogens is 1. The van der Waals surface area contributed by atoms with Gasteiger partial charge < -0.3 is 4.98 Å². The standard InChI is InChI=1S/C7H9ClN2S/c1-3-5-6(8)9-4(2)10-7(5)11/h3H2,1-2H3,(H,9,10,11). The smallest absolute Gasteiger partial charge is 0.134 e. The Balaban J connectivity index is 3.37. The molecule has 4 heteroatoms. The van der Waals surface area contributed by atoms with Crippen LogP contribution in [0.25, 0.3) is 0 Å². The van der Waals surface area contributed by atoms with Crippen LogP contribution < -0.4 is 0 Å². The van der Waals surface area contributed by atoms with E-state index in [-0.39, 0.29) is 0 Å². The highest BCUT2D eigenvalue weighted by molar-refractivity contribution is 7.71. The number of halogens is 1. The van der Waals surface area contributed by atoms with Gasteiger partial charge in [-0.15, -0.1) is 0 Å². The van der Waals surface area contributed by atoms with E-state index in [1.54, 1.807) is 0 Å². The van der Waals surface area contributed by atoms with Crippen molar-refractivity contribution in [3.8, 4) is 0 Å². The molecule has 0 unspecified atom stereocenters. The number of aryl methyl sites for hydroxylation is 1. The van der Waals surface area contributed by atoms with E-state index in [1.807, 2.05) is 13.8 Å². The maximum absolute atomic E-state index is 5.87. The molecular formula is C7H9ClN2S. The normalized spacial score (nSPS) is 10.1. The summed E-state index contributed by atoms with van der Waals surface area (Å²) in [4.78, 5) is 7.00. The summed E-state index contributed by atoms with van der Waals surface area (Å²) in [6.45, 7) is 3.84. The molecule has 1 N–H and O–H groups in total. The second-order valence-corrected chi connectivity index (χ2v) is 3.04. The van der Waals surface area contributed by atoms with Gasteiger partial charge in [0.25, 0.3) is 0 Å². The largest absolute Gasteiger partial charge is 0.334 e. The Kier molecular flexibility index (Phi) is 2.62. The lowest BCUT2D eigenvalue weighted by atomic mass is 10.3. The summed E-state index contributed by atoms with van der Waals surface area (Å²) in [6.07, 6.45) is 0.821. The first-order valence-electron chi connectivity index (χ1n) is 3.40. The Morgan fingerprint density at radius 1 is 1.64 bits per heavy atom. The molecule has 1 aromatic heterocycles. The number of nitrogens with one attached hydrogen (secondary N) is 1. The summed E-state index contributed by atoms with van der Waals surface area (Å²) in [5, 5.41) is 0.616. The second kappa shape index (κ2) is 3.32. The third-order valence-corrected chi connectivity index (χ3v) is 2.10. The SMILES string of the molecule is CCc1c(Cl)[nH]c(C)nc1=S. The number of nitrogens with zero attached hydrogens (tertiary/aromatic N) is 1. The van der Waals surface area contributed by atoms with Crippen LogP contribution in [0.5, 0.6) is 0 Å². The van der Waals surface area contributed by atoms with E-state index in [9.17, 15) is 0 Å². The third kappa shape index (κ3) is 1.79. The van der Waals surface area contributed by atoms with Gasteiger partial charge in [-0.2, -0.15) is 0 Å². The summed E-state index contributed by atoms with van der Waals surface area (Å²) in [5.74, 6) is 0.761. The Bertz CT molecular complexity index is 319. The molecule has 0 aromatic carbocycles. The van der Waals surface area contributed by atoms with E-state index >= 15 is 0 Å². The summed E-state index contributed by atoms with van der Waals surface area (Å²) in [6, 6.07) is 0. The predicted molar refractivity (Wildman–Crippen MR) is 48.5 cm³/mol. The van der Waals surface area contributed by atoms with Gasteiger partial charge in [0.05, 0.1) is 0 Å². The molecule has 0 aliphatic heterocycles. The zero-order valence-corrected chi connectivity index (χ0v) is 8.01. The van der Waals surface area contributed by atoms with Gasteiger partial charge in [0.2, 0.25) is 0 Å². The molecule has 0 radical (unpaired) electrons. The molecule has 0 fully saturated rings. The zero-order chi connectivity index (χ0) is 8.43. The minimum absolute atomic E-state index is 0.605. The van der Waals surface area contributed by atoms with Crippen molar-refractivity contribution in [2.24, 2.45) is 0 Å². The van der Waals surface area contributed by atoms with Gasteiger partial charge >= 0.3 is 0 Å². The second-order valence-electron chi connectivity index (χ2n) is 2.27. The number of rotatable bonds is 1. The highest BCUT2D eigenvalue weighted by atomic mass is 35.5. The van der Waals surface area contributed by atoms with Crippen LogP contribution in [-0.2, 0) is 6.42 Å². The number of hydrogen-bond acceptors (Lipinski definition) is 2. The Morgan fingerprint density at radius 3 is 2.73 bits per heavy atom. The van der Waals surface area contributed by atoms with Crippen molar-refractivity contribution in [1.82, 2.24) is 9.97 Å². The van der Waals surface area contributed by atoms with Crippen molar-refractivity contribution in [3.05, 3.63) is 21.2 Å². The Morgan fingerprint density at radius 2 is 2.27 bits per heavy atom. The molecule has 1 heterocycles. The average Bonchev–Trinajstić information content (AvgIpc) is 1.85. The van der Waals surface area contributed by atoms with Crippen LogP contribution in [0.2, 0.25) is 5.15 Å². The monoisotopic (exact) mass is 188 g/mol. The van der Waals surface area contributed by atoms with Crippen LogP contribution in [0.15, 0.2) is 0 Å². The molecule has 0 spiro atoms. The molecule has 0 bridgehead atoms. The molecule has 0 aliphatic carbocycles. The van der Waals surface area contributed by atoms with E-state index in [0.717, 1.165) is 17.8 Å². The van der Waals surface area contributed by atoms with Crippen LogP contribution in [0, 0.1) is 11.6 Å². The van der Waals surface area contributed by atoms with E-state index in [1.165, 1.54) is 0 Å². The number of aromatic amines is 1. The van der Waals surface area contributed by atoms with Crippen molar-refractivity contribution in [2.75, 3.05) is 0 Å². The first kappa shape index (κ1) is 8.68. The Labute approximate surface area is 75.6 Å². The van der Waals surface area contributed by atoms with Crippen molar-refractivity contribution in [2.45, 2.75) is 20.3 Å². The highest BCUT2D eigenvalue weighted by Crippen LogP contribution is 2.13. The van der Waals surface area contributed by atoms with Gasteiger partial charge in [-0.05, 0) is 13.3 Å². The van der Waals surface area contributed by atoms with Crippen LogP contribution in [0.3, 0.4) is 0 Å². The molecular weight excluding hydrogens is 180 g/mol. The lowest BCUT2D eigenvalue weighted by Crippen LogP contribution is -1.94. The first-order chi connectivity index (χ1) is 5.15.